The smallest absolute Gasteiger partial charge is 0.161 e. The van der Waals surface area contributed by atoms with Crippen molar-refractivity contribution < 1.29 is 9.47 Å². The molecule has 114 valence electrons. The Morgan fingerprint density at radius 3 is 2.67 bits per heavy atom. The van der Waals surface area contributed by atoms with Gasteiger partial charge in [0, 0.05) is 17.5 Å². The maximum absolute atomic E-state index is 5.54. The standard InChI is InChI=1S/C17H23NO2S/c1-4-14(17-7-6-10-21-17)18-12-13-8-9-15(20-5-2)16(11-13)19-3/h6-11,14,18H,4-5,12H2,1-3H3. The number of benzene rings is 1. The Kier molecular flexibility index (Phi) is 6.08. The minimum Gasteiger partial charge on any atom is -0.493 e. The molecule has 0 aliphatic heterocycles. The highest BCUT2D eigenvalue weighted by atomic mass is 32.1. The molecule has 0 saturated heterocycles. The molecule has 3 nitrogen and oxygen atoms in total. The molecule has 2 aromatic rings. The first kappa shape index (κ1) is 15.9. The van der Waals surface area contributed by atoms with Crippen molar-refractivity contribution in [1.29, 1.82) is 0 Å². The molecule has 1 atom stereocenters. The van der Waals surface area contributed by atoms with E-state index in [0.717, 1.165) is 24.5 Å². The quantitative estimate of drug-likeness (QED) is 0.784. The number of nitrogens with one attached hydrogen (secondary N) is 1. The molecule has 0 radical (unpaired) electrons. The summed E-state index contributed by atoms with van der Waals surface area (Å²) in [6.45, 7) is 5.64. The van der Waals surface area contributed by atoms with Crippen LogP contribution in [0.2, 0.25) is 0 Å². The third-order valence-corrected chi connectivity index (χ3v) is 4.36. The first-order chi connectivity index (χ1) is 10.3. The Labute approximate surface area is 130 Å². The van der Waals surface area contributed by atoms with Crippen LogP contribution in [0.5, 0.6) is 11.5 Å². The zero-order chi connectivity index (χ0) is 15.1. The number of hydrogen-bond donors (Lipinski definition) is 1. The van der Waals surface area contributed by atoms with Crippen molar-refractivity contribution in [2.45, 2.75) is 32.9 Å². The topological polar surface area (TPSA) is 30.5 Å². The normalized spacial score (nSPS) is 12.1. The number of hydrogen-bond acceptors (Lipinski definition) is 4. The van der Waals surface area contributed by atoms with Crippen LogP contribution in [0.25, 0.3) is 0 Å². The van der Waals surface area contributed by atoms with Gasteiger partial charge in [-0.15, -0.1) is 11.3 Å². The van der Waals surface area contributed by atoms with Crippen LogP contribution in [-0.2, 0) is 6.54 Å². The van der Waals surface area contributed by atoms with Crippen molar-refractivity contribution >= 4 is 11.3 Å². The van der Waals surface area contributed by atoms with Crippen LogP contribution in [-0.4, -0.2) is 13.7 Å². The van der Waals surface area contributed by atoms with Gasteiger partial charge in [-0.3, -0.25) is 0 Å². The molecule has 1 aromatic heterocycles. The lowest BCUT2D eigenvalue weighted by molar-refractivity contribution is 0.310. The molecule has 0 aliphatic carbocycles. The number of ether oxygens (including phenoxy) is 2. The van der Waals surface area contributed by atoms with Crippen molar-refractivity contribution in [2.75, 3.05) is 13.7 Å². The van der Waals surface area contributed by atoms with Crippen molar-refractivity contribution in [1.82, 2.24) is 5.32 Å². The summed E-state index contributed by atoms with van der Waals surface area (Å²) < 4.78 is 10.9. The third-order valence-electron chi connectivity index (χ3n) is 3.38. The second kappa shape index (κ2) is 8.05. The number of thiophene rings is 1. The Bertz CT molecular complexity index is 540. The molecule has 4 heteroatoms. The summed E-state index contributed by atoms with van der Waals surface area (Å²) in [6.07, 6.45) is 1.08. The third kappa shape index (κ3) is 4.22. The van der Waals surface area contributed by atoms with E-state index in [0.29, 0.717) is 12.6 Å². The molecule has 1 unspecified atom stereocenters. The highest BCUT2D eigenvalue weighted by Gasteiger charge is 2.10. The lowest BCUT2D eigenvalue weighted by Crippen LogP contribution is -2.19. The first-order valence-corrected chi connectivity index (χ1v) is 8.22. The summed E-state index contributed by atoms with van der Waals surface area (Å²) >= 11 is 1.80. The molecule has 0 aliphatic rings. The minimum atomic E-state index is 0.405. The van der Waals surface area contributed by atoms with Gasteiger partial charge in [-0.05, 0) is 42.5 Å². The molecule has 0 amide bonds. The fourth-order valence-electron chi connectivity index (χ4n) is 2.27. The Balaban J connectivity index is 2.02. The molecule has 0 spiro atoms. The van der Waals surface area contributed by atoms with Gasteiger partial charge >= 0.3 is 0 Å². The van der Waals surface area contributed by atoms with E-state index >= 15 is 0 Å². The largest absolute Gasteiger partial charge is 0.493 e. The molecule has 0 bridgehead atoms. The van der Waals surface area contributed by atoms with Crippen molar-refractivity contribution in [3.8, 4) is 11.5 Å². The van der Waals surface area contributed by atoms with E-state index in [1.807, 2.05) is 19.1 Å². The molecule has 1 heterocycles. The molecule has 21 heavy (non-hydrogen) atoms. The lowest BCUT2D eigenvalue weighted by Gasteiger charge is -2.16. The number of methoxy groups -OCH3 is 1. The predicted octanol–water partition coefficient (Wildman–Crippen LogP) is 4.40. The molecule has 1 aromatic carbocycles. The van der Waals surface area contributed by atoms with Crippen molar-refractivity contribution in [3.05, 3.63) is 46.2 Å². The van der Waals surface area contributed by atoms with Gasteiger partial charge in [0.2, 0.25) is 0 Å². The lowest BCUT2D eigenvalue weighted by atomic mass is 10.1. The molecule has 1 N–H and O–H groups in total. The summed E-state index contributed by atoms with van der Waals surface area (Å²) in [5.74, 6) is 1.59. The van der Waals surface area contributed by atoms with Gasteiger partial charge in [-0.2, -0.15) is 0 Å². The Hall–Kier alpha value is -1.52. The van der Waals surface area contributed by atoms with E-state index in [4.69, 9.17) is 9.47 Å². The Morgan fingerprint density at radius 2 is 2.05 bits per heavy atom. The van der Waals surface area contributed by atoms with Gasteiger partial charge in [0.1, 0.15) is 0 Å². The first-order valence-electron chi connectivity index (χ1n) is 7.35. The van der Waals surface area contributed by atoms with Crippen LogP contribution < -0.4 is 14.8 Å². The van der Waals surface area contributed by atoms with Gasteiger partial charge in [-0.1, -0.05) is 19.1 Å². The fraction of sp³-hybridized carbons (Fsp3) is 0.412. The van der Waals surface area contributed by atoms with Crippen LogP contribution in [0.15, 0.2) is 35.7 Å². The van der Waals surface area contributed by atoms with E-state index in [1.54, 1.807) is 18.4 Å². The zero-order valence-electron chi connectivity index (χ0n) is 12.9. The van der Waals surface area contributed by atoms with E-state index in [2.05, 4.69) is 35.8 Å². The van der Waals surface area contributed by atoms with Gasteiger partial charge in [0.15, 0.2) is 11.5 Å². The van der Waals surface area contributed by atoms with Crippen LogP contribution in [0.3, 0.4) is 0 Å². The van der Waals surface area contributed by atoms with Gasteiger partial charge in [-0.25, -0.2) is 0 Å². The average Bonchev–Trinajstić information content (AvgIpc) is 3.03. The van der Waals surface area contributed by atoms with Crippen LogP contribution in [0.4, 0.5) is 0 Å². The van der Waals surface area contributed by atoms with Crippen molar-refractivity contribution in [3.63, 3.8) is 0 Å². The molecular weight excluding hydrogens is 282 g/mol. The average molecular weight is 305 g/mol. The van der Waals surface area contributed by atoms with Gasteiger partial charge in [0.25, 0.3) is 0 Å². The van der Waals surface area contributed by atoms with Gasteiger partial charge < -0.3 is 14.8 Å². The number of rotatable bonds is 8. The summed E-state index contributed by atoms with van der Waals surface area (Å²) in [5, 5.41) is 5.73. The van der Waals surface area contributed by atoms with E-state index < -0.39 is 0 Å². The maximum Gasteiger partial charge on any atom is 0.161 e. The van der Waals surface area contributed by atoms with Crippen LogP contribution in [0.1, 0.15) is 36.8 Å². The van der Waals surface area contributed by atoms with Crippen LogP contribution in [0, 0.1) is 0 Å². The second-order valence-corrected chi connectivity index (χ2v) is 5.75. The predicted molar refractivity (Wildman–Crippen MR) is 88.4 cm³/mol. The minimum absolute atomic E-state index is 0.405. The molecule has 0 saturated carbocycles. The Morgan fingerprint density at radius 1 is 1.19 bits per heavy atom. The molecule has 0 fully saturated rings. The summed E-state index contributed by atoms with van der Waals surface area (Å²) in [7, 11) is 1.68. The second-order valence-electron chi connectivity index (χ2n) is 4.78. The highest BCUT2D eigenvalue weighted by Crippen LogP contribution is 2.28. The van der Waals surface area contributed by atoms with E-state index in [9.17, 15) is 0 Å². The maximum atomic E-state index is 5.54. The highest BCUT2D eigenvalue weighted by molar-refractivity contribution is 7.10. The van der Waals surface area contributed by atoms with Crippen molar-refractivity contribution in [2.24, 2.45) is 0 Å². The SMILES string of the molecule is CCOc1ccc(CNC(CC)c2cccs2)cc1OC. The summed E-state index contributed by atoms with van der Waals surface area (Å²) in [5.41, 5.74) is 1.20. The fourth-order valence-corrected chi connectivity index (χ4v) is 3.16. The summed E-state index contributed by atoms with van der Waals surface area (Å²) in [4.78, 5) is 1.38. The monoisotopic (exact) mass is 305 g/mol. The summed E-state index contributed by atoms with van der Waals surface area (Å²) in [6, 6.07) is 10.8. The van der Waals surface area contributed by atoms with E-state index in [1.165, 1.54) is 10.4 Å². The van der Waals surface area contributed by atoms with Gasteiger partial charge in [0.05, 0.1) is 13.7 Å². The molecule has 2 rings (SSSR count). The van der Waals surface area contributed by atoms with E-state index in [-0.39, 0.29) is 0 Å². The zero-order valence-corrected chi connectivity index (χ0v) is 13.7. The molecular formula is C17H23NO2S. The van der Waals surface area contributed by atoms with Crippen LogP contribution >= 0.6 is 11.3 Å².